The summed E-state index contributed by atoms with van der Waals surface area (Å²) in [6, 6.07) is 0. The number of rotatable bonds is 2. The molecule has 0 aromatic carbocycles. The summed E-state index contributed by atoms with van der Waals surface area (Å²) in [5, 5.41) is 7.84. The second kappa shape index (κ2) is 2.79. The van der Waals surface area contributed by atoms with Gasteiger partial charge in [-0.1, -0.05) is 0 Å². The van der Waals surface area contributed by atoms with Crippen LogP contribution in [0.2, 0.25) is 0 Å². The SMILES string of the molecule is [NH]C(=O)C=CC(=O)O. The van der Waals surface area contributed by atoms with Crippen molar-refractivity contribution >= 4 is 11.9 Å². The first-order valence-electron chi connectivity index (χ1n) is 1.79. The molecule has 4 heteroatoms. The van der Waals surface area contributed by atoms with Crippen molar-refractivity contribution in [3.05, 3.63) is 12.2 Å². The fourth-order valence-electron chi connectivity index (χ4n) is 0.147. The molecule has 0 aromatic heterocycles. The van der Waals surface area contributed by atoms with Gasteiger partial charge in [0.2, 0.25) is 0 Å². The molecule has 0 rings (SSSR count). The Kier molecular flexibility index (Phi) is 2.33. The van der Waals surface area contributed by atoms with Gasteiger partial charge in [0.15, 0.2) is 0 Å². The van der Waals surface area contributed by atoms with Crippen LogP contribution in [0.1, 0.15) is 0 Å². The van der Waals surface area contributed by atoms with Gasteiger partial charge in [0, 0.05) is 12.2 Å². The molecule has 1 radical (unpaired) electrons. The molecule has 4 nitrogen and oxygen atoms in total. The van der Waals surface area contributed by atoms with E-state index in [2.05, 4.69) is 0 Å². The Hall–Kier alpha value is -1.32. The molecule has 43 valence electrons. The maximum Gasteiger partial charge on any atom is 0.328 e. The van der Waals surface area contributed by atoms with Crippen molar-refractivity contribution in [2.75, 3.05) is 0 Å². The van der Waals surface area contributed by atoms with Gasteiger partial charge in [0.1, 0.15) is 0 Å². The van der Waals surface area contributed by atoms with Crippen molar-refractivity contribution in [1.29, 1.82) is 0 Å². The van der Waals surface area contributed by atoms with Gasteiger partial charge in [-0.25, -0.2) is 4.79 Å². The Labute approximate surface area is 45.6 Å². The van der Waals surface area contributed by atoms with Gasteiger partial charge in [0.25, 0.3) is 5.91 Å². The molecule has 0 aliphatic rings. The summed E-state index contributed by atoms with van der Waals surface area (Å²) in [4.78, 5) is 19.2. The van der Waals surface area contributed by atoms with Gasteiger partial charge in [-0.05, 0) is 0 Å². The van der Waals surface area contributed by atoms with Crippen molar-refractivity contribution in [2.24, 2.45) is 0 Å². The third-order valence-electron chi connectivity index (χ3n) is 0.377. The highest BCUT2D eigenvalue weighted by atomic mass is 16.4. The first-order chi connectivity index (χ1) is 3.63. The van der Waals surface area contributed by atoms with Crippen LogP contribution in [0.15, 0.2) is 12.2 Å². The van der Waals surface area contributed by atoms with E-state index in [1.54, 1.807) is 0 Å². The van der Waals surface area contributed by atoms with E-state index in [-0.39, 0.29) is 0 Å². The Morgan fingerprint density at radius 3 is 2.00 bits per heavy atom. The highest BCUT2D eigenvalue weighted by Crippen LogP contribution is 1.69. The predicted octanol–water partition coefficient (Wildman–Crippen LogP) is -0.563. The molecule has 0 saturated heterocycles. The molecule has 0 spiro atoms. The minimum atomic E-state index is -1.22. The maximum atomic E-state index is 9.66. The van der Waals surface area contributed by atoms with Gasteiger partial charge in [-0.15, -0.1) is 0 Å². The molecule has 0 aliphatic carbocycles. The van der Waals surface area contributed by atoms with Crippen LogP contribution in [0, 0.1) is 0 Å². The Morgan fingerprint density at radius 2 is 1.88 bits per heavy atom. The fourth-order valence-corrected chi connectivity index (χ4v) is 0.147. The lowest BCUT2D eigenvalue weighted by Crippen LogP contribution is -1.93. The molecule has 0 aliphatic heterocycles. The van der Waals surface area contributed by atoms with Crippen molar-refractivity contribution < 1.29 is 14.7 Å². The van der Waals surface area contributed by atoms with Crippen LogP contribution in [0.3, 0.4) is 0 Å². The lowest BCUT2D eigenvalue weighted by molar-refractivity contribution is -0.131. The molecular weight excluding hydrogens is 110 g/mol. The second-order valence-corrected chi connectivity index (χ2v) is 1.04. The maximum absolute atomic E-state index is 9.66. The molecule has 2 N–H and O–H groups in total. The molecule has 1 amide bonds. The van der Waals surface area contributed by atoms with Crippen LogP contribution in [0.5, 0.6) is 0 Å². The van der Waals surface area contributed by atoms with E-state index >= 15 is 0 Å². The first-order valence-corrected chi connectivity index (χ1v) is 1.79. The van der Waals surface area contributed by atoms with Crippen LogP contribution in [-0.4, -0.2) is 17.0 Å². The third-order valence-corrected chi connectivity index (χ3v) is 0.377. The average Bonchev–Trinajstić information content (AvgIpc) is 1.61. The van der Waals surface area contributed by atoms with Crippen LogP contribution >= 0.6 is 0 Å². The summed E-state index contributed by atoms with van der Waals surface area (Å²) < 4.78 is 0. The quantitative estimate of drug-likeness (QED) is 0.488. The van der Waals surface area contributed by atoms with E-state index in [4.69, 9.17) is 10.8 Å². The lowest BCUT2D eigenvalue weighted by atomic mass is 10.5. The van der Waals surface area contributed by atoms with E-state index < -0.39 is 11.9 Å². The highest BCUT2D eigenvalue weighted by Gasteiger charge is 1.87. The van der Waals surface area contributed by atoms with Crippen LogP contribution in [0.4, 0.5) is 0 Å². The van der Waals surface area contributed by atoms with Crippen LogP contribution in [-0.2, 0) is 9.59 Å². The molecule has 0 saturated carbocycles. The molecule has 0 bridgehead atoms. The van der Waals surface area contributed by atoms with Crippen molar-refractivity contribution in [3.8, 4) is 0 Å². The molecule has 8 heavy (non-hydrogen) atoms. The van der Waals surface area contributed by atoms with E-state index in [0.29, 0.717) is 12.2 Å². The topological polar surface area (TPSA) is 78.2 Å². The van der Waals surface area contributed by atoms with Gasteiger partial charge in [-0.3, -0.25) is 10.5 Å². The Balaban J connectivity index is 3.67. The number of carboxylic acids is 1. The smallest absolute Gasteiger partial charge is 0.328 e. The number of hydrogen-bond donors (Lipinski definition) is 1. The van der Waals surface area contributed by atoms with Crippen LogP contribution < -0.4 is 5.73 Å². The summed E-state index contributed by atoms with van der Waals surface area (Å²) in [7, 11) is 0. The number of hydrogen-bond acceptors (Lipinski definition) is 2. The van der Waals surface area contributed by atoms with E-state index in [1.165, 1.54) is 0 Å². The van der Waals surface area contributed by atoms with Crippen molar-refractivity contribution in [2.45, 2.75) is 0 Å². The van der Waals surface area contributed by atoms with E-state index in [0.717, 1.165) is 0 Å². The van der Waals surface area contributed by atoms with Gasteiger partial charge < -0.3 is 5.11 Å². The number of carboxylic acid groups (broad SMARTS) is 1. The third kappa shape index (κ3) is 4.68. The van der Waals surface area contributed by atoms with Gasteiger partial charge in [-0.2, -0.15) is 0 Å². The first kappa shape index (κ1) is 6.68. The van der Waals surface area contributed by atoms with Crippen molar-refractivity contribution in [1.82, 2.24) is 5.73 Å². The number of carbonyl (C=O) groups is 2. The molecule has 0 unspecified atom stereocenters. The molecule has 0 aromatic rings. The summed E-state index contributed by atoms with van der Waals surface area (Å²) in [5.41, 5.74) is 6.18. The zero-order chi connectivity index (χ0) is 6.57. The standard InChI is InChI=1S/C4H4NO3/c5-3(6)1-2-4(7)8/h1-2,5H,(H,7,8). The zero-order valence-electron chi connectivity index (χ0n) is 3.92. The number of amides is 1. The Morgan fingerprint density at radius 1 is 1.38 bits per heavy atom. The number of aliphatic carboxylic acids is 1. The van der Waals surface area contributed by atoms with Crippen LogP contribution in [0.25, 0.3) is 0 Å². The number of nitrogens with one attached hydrogen (secondary N) is 1. The normalized spacial score (nSPS) is 9.50. The fraction of sp³-hybridized carbons (Fsp3) is 0. The van der Waals surface area contributed by atoms with E-state index in [9.17, 15) is 9.59 Å². The minimum Gasteiger partial charge on any atom is -0.478 e. The predicted molar refractivity (Wildman–Crippen MR) is 24.9 cm³/mol. The molecular formula is C4H4NO3. The zero-order valence-corrected chi connectivity index (χ0v) is 3.92. The summed E-state index contributed by atoms with van der Waals surface area (Å²) >= 11 is 0. The summed E-state index contributed by atoms with van der Waals surface area (Å²) in [5.74, 6) is -2.22. The van der Waals surface area contributed by atoms with E-state index in [1.807, 2.05) is 0 Å². The van der Waals surface area contributed by atoms with Crippen molar-refractivity contribution in [3.63, 3.8) is 0 Å². The summed E-state index contributed by atoms with van der Waals surface area (Å²) in [6.45, 7) is 0. The molecule has 0 heterocycles. The Bertz CT molecular complexity index is 122. The number of carbonyl (C=O) groups excluding carboxylic acids is 1. The molecule has 0 atom stereocenters. The summed E-state index contributed by atoms with van der Waals surface area (Å²) in [6.07, 6.45) is 1.29. The monoisotopic (exact) mass is 114 g/mol. The van der Waals surface area contributed by atoms with Gasteiger partial charge in [0.05, 0.1) is 0 Å². The minimum absolute atomic E-state index is 0.620. The largest absolute Gasteiger partial charge is 0.478 e. The highest BCUT2D eigenvalue weighted by molar-refractivity contribution is 5.92. The second-order valence-electron chi connectivity index (χ2n) is 1.04. The van der Waals surface area contributed by atoms with Gasteiger partial charge >= 0.3 is 5.97 Å². The lowest BCUT2D eigenvalue weighted by Gasteiger charge is -1.73. The molecule has 0 fully saturated rings. The average molecular weight is 114 g/mol.